The van der Waals surface area contributed by atoms with E-state index in [0.29, 0.717) is 17.7 Å². The number of rotatable bonds is 7. The summed E-state index contributed by atoms with van der Waals surface area (Å²) in [6.45, 7) is 5.13. The number of amides is 1. The molecule has 3 unspecified atom stereocenters. The van der Waals surface area contributed by atoms with E-state index in [4.69, 9.17) is 10.00 Å². The summed E-state index contributed by atoms with van der Waals surface area (Å²) in [7, 11) is 0. The summed E-state index contributed by atoms with van der Waals surface area (Å²) in [4.78, 5) is 23.3. The molecule has 22 heavy (non-hydrogen) atoms. The summed E-state index contributed by atoms with van der Waals surface area (Å²) in [5.41, 5.74) is 0.318. The summed E-state index contributed by atoms with van der Waals surface area (Å²) < 4.78 is 5.46. The van der Waals surface area contributed by atoms with Gasteiger partial charge >= 0.3 is 5.97 Å². The van der Waals surface area contributed by atoms with Crippen molar-refractivity contribution in [3.05, 3.63) is 29.8 Å². The fraction of sp³-hybridized carbons (Fsp3) is 0.438. The lowest BCUT2D eigenvalue weighted by Crippen LogP contribution is -2.49. The highest BCUT2D eigenvalue weighted by Crippen LogP contribution is 2.18. The number of hydrogen-bond acceptors (Lipinski definition) is 4. The molecule has 0 heterocycles. The summed E-state index contributed by atoms with van der Waals surface area (Å²) >= 11 is 0. The number of carboxylic acids is 1. The topological polar surface area (TPSA) is 99.4 Å². The molecule has 0 saturated heterocycles. The van der Waals surface area contributed by atoms with Crippen LogP contribution in [0.4, 0.5) is 0 Å². The van der Waals surface area contributed by atoms with Crippen molar-refractivity contribution in [3.63, 3.8) is 0 Å². The second-order valence-electron chi connectivity index (χ2n) is 5.08. The molecule has 6 heteroatoms. The third-order valence-corrected chi connectivity index (χ3v) is 3.46. The predicted octanol–water partition coefficient (Wildman–Crippen LogP) is 1.94. The predicted molar refractivity (Wildman–Crippen MR) is 80.3 cm³/mol. The van der Waals surface area contributed by atoms with E-state index in [1.165, 1.54) is 6.92 Å². The lowest BCUT2D eigenvalue weighted by Gasteiger charge is -2.22. The Hall–Kier alpha value is -2.55. The minimum absolute atomic E-state index is 0.194. The van der Waals surface area contributed by atoms with Crippen molar-refractivity contribution in [3.8, 4) is 11.8 Å². The van der Waals surface area contributed by atoms with Crippen LogP contribution in [0, 0.1) is 17.2 Å². The van der Waals surface area contributed by atoms with Gasteiger partial charge in [-0.15, -0.1) is 0 Å². The van der Waals surface area contributed by atoms with E-state index in [1.54, 1.807) is 31.2 Å². The zero-order valence-corrected chi connectivity index (χ0v) is 12.9. The van der Waals surface area contributed by atoms with Gasteiger partial charge in [0.2, 0.25) is 0 Å². The van der Waals surface area contributed by atoms with E-state index < -0.39 is 24.0 Å². The SMILES string of the molecule is CCC(C)C(NC(=O)C(C)Oc1ccccc1C#N)C(=O)O. The van der Waals surface area contributed by atoms with E-state index in [-0.39, 0.29) is 5.92 Å². The number of carbonyl (C=O) groups excluding carboxylic acids is 1. The number of hydrogen-bond donors (Lipinski definition) is 2. The highest BCUT2D eigenvalue weighted by molar-refractivity contribution is 5.86. The maximum absolute atomic E-state index is 12.1. The van der Waals surface area contributed by atoms with E-state index in [1.807, 2.05) is 13.0 Å². The van der Waals surface area contributed by atoms with Crippen molar-refractivity contribution in [1.82, 2.24) is 5.32 Å². The first kappa shape index (κ1) is 17.5. The Kier molecular flexibility index (Phi) is 6.39. The van der Waals surface area contributed by atoms with Crippen LogP contribution in [0.3, 0.4) is 0 Å². The average Bonchev–Trinajstić information content (AvgIpc) is 2.51. The van der Waals surface area contributed by atoms with Crippen molar-refractivity contribution in [2.24, 2.45) is 5.92 Å². The molecule has 3 atom stereocenters. The van der Waals surface area contributed by atoms with Crippen molar-refractivity contribution in [2.45, 2.75) is 39.3 Å². The molecule has 0 bridgehead atoms. The minimum Gasteiger partial charge on any atom is -0.480 e. The molecule has 1 aromatic carbocycles. The molecule has 0 fully saturated rings. The molecule has 0 aromatic heterocycles. The van der Waals surface area contributed by atoms with Crippen LogP contribution in [-0.4, -0.2) is 29.1 Å². The lowest BCUT2D eigenvalue weighted by molar-refractivity contribution is -0.144. The normalized spacial score (nSPS) is 14.3. The molecule has 1 amide bonds. The van der Waals surface area contributed by atoms with Crippen LogP contribution in [0.25, 0.3) is 0 Å². The lowest BCUT2D eigenvalue weighted by atomic mass is 9.99. The Morgan fingerprint density at radius 3 is 2.55 bits per heavy atom. The largest absolute Gasteiger partial charge is 0.480 e. The van der Waals surface area contributed by atoms with E-state index >= 15 is 0 Å². The van der Waals surface area contributed by atoms with Crippen LogP contribution in [-0.2, 0) is 9.59 Å². The van der Waals surface area contributed by atoms with Crippen LogP contribution < -0.4 is 10.1 Å². The standard InChI is InChI=1S/C16H20N2O4/c1-4-10(2)14(16(20)21)18-15(19)11(3)22-13-8-6-5-7-12(13)9-17/h5-8,10-11,14H,4H2,1-3H3,(H,18,19)(H,20,21). The number of ether oxygens (including phenoxy) is 1. The third kappa shape index (κ3) is 4.48. The molecule has 0 aliphatic carbocycles. The highest BCUT2D eigenvalue weighted by Gasteiger charge is 2.28. The fourth-order valence-corrected chi connectivity index (χ4v) is 1.86. The third-order valence-electron chi connectivity index (χ3n) is 3.46. The van der Waals surface area contributed by atoms with Gasteiger partial charge in [0.1, 0.15) is 17.9 Å². The van der Waals surface area contributed by atoms with Crippen LogP contribution in [0.2, 0.25) is 0 Å². The van der Waals surface area contributed by atoms with Gasteiger partial charge in [-0.25, -0.2) is 4.79 Å². The highest BCUT2D eigenvalue weighted by atomic mass is 16.5. The van der Waals surface area contributed by atoms with Crippen LogP contribution >= 0.6 is 0 Å². The first-order valence-corrected chi connectivity index (χ1v) is 7.09. The van der Waals surface area contributed by atoms with Gasteiger partial charge in [-0.3, -0.25) is 4.79 Å². The van der Waals surface area contributed by atoms with Gasteiger partial charge in [-0.1, -0.05) is 32.4 Å². The van der Waals surface area contributed by atoms with Crippen molar-refractivity contribution < 1.29 is 19.4 Å². The molecule has 118 valence electrons. The van der Waals surface area contributed by atoms with E-state index in [0.717, 1.165) is 0 Å². The van der Waals surface area contributed by atoms with Crippen molar-refractivity contribution in [2.75, 3.05) is 0 Å². The maximum atomic E-state index is 12.1. The van der Waals surface area contributed by atoms with E-state index in [9.17, 15) is 14.7 Å². The van der Waals surface area contributed by atoms with E-state index in [2.05, 4.69) is 5.32 Å². The number of para-hydroxylation sites is 1. The minimum atomic E-state index is -1.08. The molecular formula is C16H20N2O4. The first-order chi connectivity index (χ1) is 10.4. The Bertz CT molecular complexity index is 580. The molecule has 0 saturated carbocycles. The molecule has 0 aliphatic heterocycles. The van der Waals surface area contributed by atoms with Gasteiger partial charge in [-0.2, -0.15) is 5.26 Å². The zero-order valence-electron chi connectivity index (χ0n) is 12.9. The number of nitriles is 1. The molecule has 1 rings (SSSR count). The quantitative estimate of drug-likeness (QED) is 0.802. The monoisotopic (exact) mass is 304 g/mol. The summed E-state index contributed by atoms with van der Waals surface area (Å²) in [6, 6.07) is 7.57. The van der Waals surface area contributed by atoms with Crippen LogP contribution in [0.15, 0.2) is 24.3 Å². The second kappa shape index (κ2) is 8.03. The zero-order chi connectivity index (χ0) is 16.7. The Morgan fingerprint density at radius 1 is 1.36 bits per heavy atom. The van der Waals surface area contributed by atoms with Crippen LogP contribution in [0.5, 0.6) is 5.75 Å². The molecule has 0 radical (unpaired) electrons. The Balaban J connectivity index is 2.76. The maximum Gasteiger partial charge on any atom is 0.326 e. The van der Waals surface area contributed by atoms with Gasteiger partial charge in [0, 0.05) is 0 Å². The Labute approximate surface area is 129 Å². The number of nitrogens with zero attached hydrogens (tertiary/aromatic N) is 1. The number of aliphatic carboxylic acids is 1. The number of carbonyl (C=O) groups is 2. The van der Waals surface area contributed by atoms with Gasteiger partial charge in [0.25, 0.3) is 5.91 Å². The number of nitrogens with one attached hydrogen (secondary N) is 1. The van der Waals surface area contributed by atoms with Crippen molar-refractivity contribution in [1.29, 1.82) is 5.26 Å². The second-order valence-corrected chi connectivity index (χ2v) is 5.08. The number of carboxylic acid groups (broad SMARTS) is 1. The smallest absolute Gasteiger partial charge is 0.326 e. The molecule has 0 spiro atoms. The molecule has 1 aromatic rings. The first-order valence-electron chi connectivity index (χ1n) is 7.09. The van der Waals surface area contributed by atoms with Gasteiger partial charge < -0.3 is 15.2 Å². The average molecular weight is 304 g/mol. The van der Waals surface area contributed by atoms with Gasteiger partial charge in [0.05, 0.1) is 5.56 Å². The van der Waals surface area contributed by atoms with Gasteiger partial charge in [-0.05, 0) is 25.0 Å². The molecule has 6 nitrogen and oxygen atoms in total. The summed E-state index contributed by atoms with van der Waals surface area (Å²) in [6.07, 6.45) is -0.274. The molecule has 0 aliphatic rings. The Morgan fingerprint density at radius 2 is 2.00 bits per heavy atom. The van der Waals surface area contributed by atoms with Crippen LogP contribution in [0.1, 0.15) is 32.8 Å². The van der Waals surface area contributed by atoms with Crippen molar-refractivity contribution >= 4 is 11.9 Å². The molecular weight excluding hydrogens is 284 g/mol. The fourth-order valence-electron chi connectivity index (χ4n) is 1.86. The van der Waals surface area contributed by atoms with Gasteiger partial charge in [0.15, 0.2) is 6.10 Å². The summed E-state index contributed by atoms with van der Waals surface area (Å²) in [5, 5.41) is 20.6. The summed E-state index contributed by atoms with van der Waals surface area (Å²) in [5.74, 6) is -1.50. The number of benzene rings is 1. The molecule has 2 N–H and O–H groups in total.